The molecule has 0 radical (unpaired) electrons. The van der Waals surface area contributed by atoms with E-state index in [1.165, 1.54) is 25.7 Å². The van der Waals surface area contributed by atoms with Crippen molar-refractivity contribution in [2.24, 2.45) is 0 Å². The van der Waals surface area contributed by atoms with Gasteiger partial charge < -0.3 is 10.6 Å². The molecule has 82 valence electrons. The first-order chi connectivity index (χ1) is 7.27. The van der Waals surface area contributed by atoms with Crippen LogP contribution in [0, 0.1) is 0 Å². The topological polar surface area (TPSA) is 55.0 Å². The summed E-state index contributed by atoms with van der Waals surface area (Å²) in [6.45, 7) is 3.30. The van der Waals surface area contributed by atoms with Gasteiger partial charge in [-0.15, -0.1) is 0 Å². The normalized spacial score (nSPS) is 22.5. The quantitative estimate of drug-likeness (QED) is 0.761. The molecule has 0 spiro atoms. The Morgan fingerprint density at radius 2 is 2.00 bits per heavy atom. The fourth-order valence-electron chi connectivity index (χ4n) is 2.05. The van der Waals surface area contributed by atoms with Crippen molar-refractivity contribution >= 4 is 11.6 Å². The lowest BCUT2D eigenvalue weighted by atomic mass is 10.1. The van der Waals surface area contributed by atoms with Crippen LogP contribution in [-0.4, -0.2) is 22.6 Å². The Kier molecular flexibility index (Phi) is 3.04. The second kappa shape index (κ2) is 4.47. The zero-order valence-corrected chi connectivity index (χ0v) is 9.19. The van der Waals surface area contributed by atoms with Gasteiger partial charge in [0.15, 0.2) is 0 Å². The van der Waals surface area contributed by atoms with Crippen molar-refractivity contribution in [3.63, 3.8) is 0 Å². The minimum absolute atomic E-state index is 0.538. The van der Waals surface area contributed by atoms with Crippen LogP contribution in [0.2, 0.25) is 0 Å². The predicted molar refractivity (Wildman–Crippen MR) is 61.7 cm³/mol. The fraction of sp³-hybridized carbons (Fsp3) is 0.636. The summed E-state index contributed by atoms with van der Waals surface area (Å²) in [7, 11) is 0. The monoisotopic (exact) mass is 206 g/mol. The Hall–Kier alpha value is -1.32. The minimum Gasteiger partial charge on any atom is -0.396 e. The van der Waals surface area contributed by atoms with E-state index < -0.39 is 0 Å². The zero-order chi connectivity index (χ0) is 10.7. The number of aromatic nitrogens is 2. The molecule has 1 unspecified atom stereocenters. The van der Waals surface area contributed by atoms with Gasteiger partial charge in [0.05, 0.1) is 18.1 Å². The molecule has 1 aromatic rings. The molecule has 2 rings (SSSR count). The van der Waals surface area contributed by atoms with E-state index in [0.29, 0.717) is 11.7 Å². The van der Waals surface area contributed by atoms with Gasteiger partial charge in [-0.05, 0) is 19.8 Å². The van der Waals surface area contributed by atoms with E-state index in [0.717, 1.165) is 12.5 Å². The number of rotatable bonds is 1. The Morgan fingerprint density at radius 3 is 2.73 bits per heavy atom. The Morgan fingerprint density at radius 1 is 1.27 bits per heavy atom. The molecule has 0 aliphatic carbocycles. The maximum absolute atomic E-state index is 5.58. The second-order valence-electron chi connectivity index (χ2n) is 4.21. The van der Waals surface area contributed by atoms with Crippen LogP contribution < -0.4 is 10.6 Å². The van der Waals surface area contributed by atoms with Crippen LogP contribution in [0.4, 0.5) is 11.6 Å². The average molecular weight is 206 g/mol. The largest absolute Gasteiger partial charge is 0.396 e. The molecule has 1 saturated heterocycles. The highest BCUT2D eigenvalue weighted by Gasteiger charge is 2.18. The van der Waals surface area contributed by atoms with Gasteiger partial charge in [0.25, 0.3) is 0 Å². The molecule has 0 amide bonds. The summed E-state index contributed by atoms with van der Waals surface area (Å²) < 4.78 is 0. The molecule has 4 heteroatoms. The molecule has 0 bridgehead atoms. The molecule has 15 heavy (non-hydrogen) atoms. The third kappa shape index (κ3) is 2.37. The van der Waals surface area contributed by atoms with E-state index >= 15 is 0 Å². The molecule has 1 aliphatic heterocycles. The van der Waals surface area contributed by atoms with Crippen molar-refractivity contribution in [3.8, 4) is 0 Å². The van der Waals surface area contributed by atoms with E-state index in [9.17, 15) is 0 Å². The predicted octanol–water partition coefficient (Wildman–Crippen LogP) is 1.83. The van der Waals surface area contributed by atoms with Crippen LogP contribution in [0.3, 0.4) is 0 Å². The zero-order valence-electron chi connectivity index (χ0n) is 9.19. The minimum atomic E-state index is 0.538. The van der Waals surface area contributed by atoms with Crippen LogP contribution in [0.1, 0.15) is 32.6 Å². The highest BCUT2D eigenvalue weighted by Crippen LogP contribution is 2.20. The molecule has 0 aromatic carbocycles. The molecule has 2 heterocycles. The number of hydrogen-bond acceptors (Lipinski definition) is 4. The summed E-state index contributed by atoms with van der Waals surface area (Å²) >= 11 is 0. The van der Waals surface area contributed by atoms with Gasteiger partial charge in [0.2, 0.25) is 5.95 Å². The molecule has 2 N–H and O–H groups in total. The van der Waals surface area contributed by atoms with E-state index in [1.54, 1.807) is 12.4 Å². The maximum Gasteiger partial charge on any atom is 0.225 e. The van der Waals surface area contributed by atoms with Gasteiger partial charge in [-0.25, -0.2) is 9.97 Å². The standard InChI is InChI=1S/C11H18N4/c1-9-5-3-2-4-6-15(9)11-13-7-10(12)8-14-11/h7-9H,2-6,12H2,1H3. The SMILES string of the molecule is CC1CCCCCN1c1ncc(N)cn1. The first-order valence-electron chi connectivity index (χ1n) is 5.61. The molecule has 0 saturated carbocycles. The van der Waals surface area contributed by atoms with Crippen molar-refractivity contribution in [2.45, 2.75) is 38.6 Å². The number of nitrogens with two attached hydrogens (primary N) is 1. The highest BCUT2D eigenvalue weighted by molar-refractivity contribution is 5.38. The number of nitrogens with zero attached hydrogens (tertiary/aromatic N) is 3. The molecule has 1 fully saturated rings. The molecule has 1 atom stereocenters. The van der Waals surface area contributed by atoms with Gasteiger partial charge in [-0.1, -0.05) is 12.8 Å². The summed E-state index contributed by atoms with van der Waals surface area (Å²) in [5.74, 6) is 0.818. The van der Waals surface area contributed by atoms with Crippen LogP contribution in [0.5, 0.6) is 0 Å². The number of hydrogen-bond donors (Lipinski definition) is 1. The first-order valence-corrected chi connectivity index (χ1v) is 5.61. The van der Waals surface area contributed by atoms with Gasteiger partial charge in [-0.3, -0.25) is 0 Å². The van der Waals surface area contributed by atoms with Crippen molar-refractivity contribution < 1.29 is 0 Å². The smallest absolute Gasteiger partial charge is 0.225 e. The van der Waals surface area contributed by atoms with Crippen LogP contribution in [-0.2, 0) is 0 Å². The number of anilines is 2. The van der Waals surface area contributed by atoms with Crippen molar-refractivity contribution in [3.05, 3.63) is 12.4 Å². The van der Waals surface area contributed by atoms with Crippen LogP contribution in [0.25, 0.3) is 0 Å². The van der Waals surface area contributed by atoms with Crippen molar-refractivity contribution in [1.29, 1.82) is 0 Å². The fourth-order valence-corrected chi connectivity index (χ4v) is 2.05. The third-order valence-corrected chi connectivity index (χ3v) is 2.97. The average Bonchev–Trinajstić information content (AvgIpc) is 2.44. The second-order valence-corrected chi connectivity index (χ2v) is 4.21. The van der Waals surface area contributed by atoms with Gasteiger partial charge in [0.1, 0.15) is 0 Å². The molecular formula is C11H18N4. The lowest BCUT2D eigenvalue weighted by Crippen LogP contribution is -2.33. The van der Waals surface area contributed by atoms with Gasteiger partial charge >= 0.3 is 0 Å². The van der Waals surface area contributed by atoms with E-state index in [2.05, 4.69) is 21.8 Å². The summed E-state index contributed by atoms with van der Waals surface area (Å²) in [6, 6.07) is 0.538. The first kappa shape index (κ1) is 10.2. The van der Waals surface area contributed by atoms with Crippen LogP contribution >= 0.6 is 0 Å². The summed E-state index contributed by atoms with van der Waals surface area (Å²) in [5.41, 5.74) is 6.20. The maximum atomic E-state index is 5.58. The van der Waals surface area contributed by atoms with Crippen molar-refractivity contribution in [2.75, 3.05) is 17.2 Å². The Labute approximate surface area is 90.5 Å². The van der Waals surface area contributed by atoms with Gasteiger partial charge in [0, 0.05) is 12.6 Å². The van der Waals surface area contributed by atoms with Crippen molar-refractivity contribution in [1.82, 2.24) is 9.97 Å². The number of nitrogen functional groups attached to an aromatic ring is 1. The highest BCUT2D eigenvalue weighted by atomic mass is 15.3. The summed E-state index contributed by atoms with van der Waals surface area (Å²) in [5, 5.41) is 0. The Balaban J connectivity index is 2.16. The third-order valence-electron chi connectivity index (χ3n) is 2.97. The molecule has 1 aromatic heterocycles. The van der Waals surface area contributed by atoms with E-state index in [-0.39, 0.29) is 0 Å². The summed E-state index contributed by atoms with van der Waals surface area (Å²) in [4.78, 5) is 10.9. The van der Waals surface area contributed by atoms with Gasteiger partial charge in [-0.2, -0.15) is 0 Å². The van der Waals surface area contributed by atoms with E-state index in [1.807, 2.05) is 0 Å². The lowest BCUT2D eigenvalue weighted by Gasteiger charge is -2.26. The summed E-state index contributed by atoms with van der Waals surface area (Å²) in [6.07, 6.45) is 8.45. The molecule has 1 aliphatic rings. The van der Waals surface area contributed by atoms with Crippen LogP contribution in [0.15, 0.2) is 12.4 Å². The molecule has 4 nitrogen and oxygen atoms in total. The lowest BCUT2D eigenvalue weighted by molar-refractivity contribution is 0.605. The Bertz CT molecular complexity index is 309. The van der Waals surface area contributed by atoms with E-state index in [4.69, 9.17) is 5.73 Å². The molecular weight excluding hydrogens is 188 g/mol.